The molecule has 0 bridgehead atoms. The molecule has 1 unspecified atom stereocenters. The summed E-state index contributed by atoms with van der Waals surface area (Å²) in [6.07, 6.45) is 1.02. The smallest absolute Gasteiger partial charge is 0.308 e. The summed E-state index contributed by atoms with van der Waals surface area (Å²) < 4.78 is 0.713. The van der Waals surface area contributed by atoms with E-state index in [4.69, 9.17) is 16.7 Å². The highest BCUT2D eigenvalue weighted by Gasteiger charge is 2.17. The van der Waals surface area contributed by atoms with Crippen molar-refractivity contribution in [2.45, 2.75) is 19.8 Å². The van der Waals surface area contributed by atoms with E-state index >= 15 is 0 Å². The van der Waals surface area contributed by atoms with Crippen LogP contribution in [0.1, 0.15) is 18.2 Å². The van der Waals surface area contributed by atoms with E-state index in [0.717, 1.165) is 4.88 Å². The second-order valence-corrected chi connectivity index (χ2v) is 6.02. The van der Waals surface area contributed by atoms with Gasteiger partial charge in [0.15, 0.2) is 0 Å². The predicted octanol–water partition coefficient (Wildman–Crippen LogP) is 2.51. The number of carboxylic acids is 1. The summed E-state index contributed by atoms with van der Waals surface area (Å²) in [5, 5.41) is 8.77. The summed E-state index contributed by atoms with van der Waals surface area (Å²) in [6.45, 7) is 1.82. The zero-order valence-electron chi connectivity index (χ0n) is 10.4. The first kappa shape index (κ1) is 15.0. The molecular formula is C12H16ClNO3S. The van der Waals surface area contributed by atoms with Crippen LogP contribution in [-0.2, 0) is 16.0 Å². The molecule has 18 heavy (non-hydrogen) atoms. The quantitative estimate of drug-likeness (QED) is 0.875. The van der Waals surface area contributed by atoms with E-state index in [2.05, 4.69) is 0 Å². The number of hydrogen-bond acceptors (Lipinski definition) is 3. The Balaban J connectivity index is 2.38. The first-order chi connectivity index (χ1) is 8.40. The van der Waals surface area contributed by atoms with Crippen LogP contribution in [0.5, 0.6) is 0 Å². The van der Waals surface area contributed by atoms with Gasteiger partial charge >= 0.3 is 5.97 Å². The molecule has 1 aromatic heterocycles. The third kappa shape index (κ3) is 4.66. The first-order valence-corrected chi connectivity index (χ1v) is 6.80. The molecule has 4 nitrogen and oxygen atoms in total. The van der Waals surface area contributed by atoms with E-state index in [1.165, 1.54) is 16.2 Å². The van der Waals surface area contributed by atoms with Gasteiger partial charge in [0.25, 0.3) is 0 Å². The molecular weight excluding hydrogens is 274 g/mol. The third-order valence-electron chi connectivity index (χ3n) is 2.61. The Kier molecular flexibility index (Phi) is 5.62. The topological polar surface area (TPSA) is 57.6 Å². The summed E-state index contributed by atoms with van der Waals surface area (Å²) in [5.74, 6) is -1.48. The number of rotatable bonds is 6. The van der Waals surface area contributed by atoms with Gasteiger partial charge in [0.1, 0.15) is 0 Å². The van der Waals surface area contributed by atoms with E-state index in [-0.39, 0.29) is 12.5 Å². The highest BCUT2D eigenvalue weighted by atomic mass is 35.5. The van der Waals surface area contributed by atoms with E-state index in [1.807, 2.05) is 12.1 Å². The summed E-state index contributed by atoms with van der Waals surface area (Å²) >= 11 is 7.26. The molecule has 1 rings (SSSR count). The van der Waals surface area contributed by atoms with E-state index in [9.17, 15) is 9.59 Å². The SMILES string of the molecule is CC(CN(C)C(=O)CCc1ccc(Cl)s1)C(=O)O. The highest BCUT2D eigenvalue weighted by Crippen LogP contribution is 2.22. The molecule has 0 aliphatic carbocycles. The van der Waals surface area contributed by atoms with Crippen molar-refractivity contribution in [3.63, 3.8) is 0 Å². The van der Waals surface area contributed by atoms with Gasteiger partial charge in [-0.05, 0) is 18.6 Å². The molecule has 1 atom stereocenters. The average molecular weight is 290 g/mol. The lowest BCUT2D eigenvalue weighted by Crippen LogP contribution is -2.33. The molecule has 1 heterocycles. The second-order valence-electron chi connectivity index (χ2n) is 4.22. The number of nitrogens with zero attached hydrogens (tertiary/aromatic N) is 1. The molecule has 1 aromatic rings. The predicted molar refractivity (Wildman–Crippen MR) is 72.1 cm³/mol. The maximum Gasteiger partial charge on any atom is 0.308 e. The van der Waals surface area contributed by atoms with Crippen LogP contribution in [0.2, 0.25) is 4.34 Å². The molecule has 6 heteroatoms. The minimum atomic E-state index is -0.889. The van der Waals surface area contributed by atoms with E-state index in [1.54, 1.807) is 14.0 Å². The maximum atomic E-state index is 11.8. The lowest BCUT2D eigenvalue weighted by Gasteiger charge is -2.19. The van der Waals surface area contributed by atoms with Crippen LogP contribution in [0.3, 0.4) is 0 Å². The zero-order chi connectivity index (χ0) is 13.7. The van der Waals surface area contributed by atoms with Crippen molar-refractivity contribution >= 4 is 34.8 Å². The van der Waals surface area contributed by atoms with Crippen molar-refractivity contribution < 1.29 is 14.7 Å². The van der Waals surface area contributed by atoms with Crippen LogP contribution in [0.15, 0.2) is 12.1 Å². The molecule has 0 aliphatic heterocycles. The fraction of sp³-hybridized carbons (Fsp3) is 0.500. The molecule has 0 saturated carbocycles. The summed E-state index contributed by atoms with van der Waals surface area (Å²) in [5.41, 5.74) is 0. The molecule has 0 aromatic carbocycles. The molecule has 0 radical (unpaired) electrons. The van der Waals surface area contributed by atoms with Gasteiger partial charge in [-0.2, -0.15) is 0 Å². The monoisotopic (exact) mass is 289 g/mol. The first-order valence-electron chi connectivity index (χ1n) is 5.61. The highest BCUT2D eigenvalue weighted by molar-refractivity contribution is 7.16. The molecule has 0 aliphatic rings. The molecule has 1 amide bonds. The van der Waals surface area contributed by atoms with Gasteiger partial charge in [-0.25, -0.2) is 0 Å². The van der Waals surface area contributed by atoms with E-state index in [0.29, 0.717) is 17.2 Å². The Morgan fingerprint density at radius 3 is 2.67 bits per heavy atom. The third-order valence-corrected chi connectivity index (χ3v) is 3.90. The Bertz CT molecular complexity index is 433. The molecule has 0 spiro atoms. The number of aliphatic carboxylic acids is 1. The fourth-order valence-electron chi connectivity index (χ4n) is 1.50. The average Bonchev–Trinajstić information content (AvgIpc) is 2.71. The fourth-order valence-corrected chi connectivity index (χ4v) is 2.58. The van der Waals surface area contributed by atoms with Gasteiger partial charge in [-0.1, -0.05) is 18.5 Å². The van der Waals surface area contributed by atoms with Crippen LogP contribution in [0, 0.1) is 5.92 Å². The number of carbonyl (C=O) groups excluding carboxylic acids is 1. The minimum absolute atomic E-state index is 0.0485. The maximum absolute atomic E-state index is 11.8. The Hall–Kier alpha value is -1.07. The minimum Gasteiger partial charge on any atom is -0.481 e. The Labute approximate surface area is 115 Å². The second kappa shape index (κ2) is 6.75. The summed E-state index contributed by atoms with van der Waals surface area (Å²) in [4.78, 5) is 25.0. The zero-order valence-corrected chi connectivity index (χ0v) is 11.9. The van der Waals surface area contributed by atoms with Gasteiger partial charge < -0.3 is 10.0 Å². The number of aryl methyl sites for hydroxylation is 1. The molecule has 0 saturated heterocycles. The molecule has 100 valence electrons. The van der Waals surface area contributed by atoms with Crippen molar-refractivity contribution in [3.8, 4) is 0 Å². The van der Waals surface area contributed by atoms with Crippen molar-refractivity contribution in [1.29, 1.82) is 0 Å². The van der Waals surface area contributed by atoms with Crippen LogP contribution >= 0.6 is 22.9 Å². The van der Waals surface area contributed by atoms with Gasteiger partial charge in [0.2, 0.25) is 5.91 Å². The van der Waals surface area contributed by atoms with Crippen molar-refractivity contribution in [3.05, 3.63) is 21.3 Å². The molecule has 0 fully saturated rings. The number of carboxylic acid groups (broad SMARTS) is 1. The van der Waals surface area contributed by atoms with Gasteiger partial charge in [-0.15, -0.1) is 11.3 Å². The van der Waals surface area contributed by atoms with E-state index < -0.39 is 11.9 Å². The largest absolute Gasteiger partial charge is 0.481 e. The number of thiophene rings is 1. The molecule has 1 N–H and O–H groups in total. The normalized spacial score (nSPS) is 12.2. The lowest BCUT2D eigenvalue weighted by atomic mass is 10.1. The van der Waals surface area contributed by atoms with Gasteiger partial charge in [-0.3, -0.25) is 9.59 Å². The number of amides is 1. The van der Waals surface area contributed by atoms with Gasteiger partial charge in [0, 0.05) is 24.9 Å². The van der Waals surface area contributed by atoms with Crippen molar-refractivity contribution in [2.24, 2.45) is 5.92 Å². The summed E-state index contributed by atoms with van der Waals surface area (Å²) in [7, 11) is 1.63. The van der Waals surface area contributed by atoms with Crippen molar-refractivity contribution in [2.75, 3.05) is 13.6 Å². The lowest BCUT2D eigenvalue weighted by molar-refractivity contribution is -0.142. The number of hydrogen-bond donors (Lipinski definition) is 1. The van der Waals surface area contributed by atoms with Crippen LogP contribution in [0.25, 0.3) is 0 Å². The van der Waals surface area contributed by atoms with Crippen LogP contribution in [0.4, 0.5) is 0 Å². The Morgan fingerprint density at radius 2 is 2.17 bits per heavy atom. The van der Waals surface area contributed by atoms with Gasteiger partial charge in [0.05, 0.1) is 10.3 Å². The number of carbonyl (C=O) groups is 2. The summed E-state index contributed by atoms with van der Waals surface area (Å²) in [6, 6.07) is 3.71. The van der Waals surface area contributed by atoms with Crippen LogP contribution in [-0.4, -0.2) is 35.5 Å². The van der Waals surface area contributed by atoms with Crippen LogP contribution < -0.4 is 0 Å². The number of halogens is 1. The van der Waals surface area contributed by atoms with Crippen molar-refractivity contribution in [1.82, 2.24) is 4.90 Å². The standard InChI is InChI=1S/C12H16ClNO3S/c1-8(12(16)17)7-14(2)11(15)6-4-9-3-5-10(13)18-9/h3,5,8H,4,6-7H2,1-2H3,(H,16,17). The Morgan fingerprint density at radius 1 is 1.50 bits per heavy atom.